The molecule has 0 atom stereocenters. The van der Waals surface area contributed by atoms with Crippen LogP contribution in [-0.4, -0.2) is 29.5 Å². The minimum Gasteiger partial charge on any atom is -0.497 e. The van der Waals surface area contributed by atoms with Crippen molar-refractivity contribution in [2.24, 2.45) is 0 Å². The number of nitrogens with one attached hydrogen (secondary N) is 1. The van der Waals surface area contributed by atoms with E-state index in [0.29, 0.717) is 33.0 Å². The molecule has 1 aliphatic heterocycles. The van der Waals surface area contributed by atoms with Crippen molar-refractivity contribution in [3.8, 4) is 11.8 Å². The van der Waals surface area contributed by atoms with Gasteiger partial charge in [0.25, 0.3) is 5.91 Å². The number of carbonyl (C=O) groups is 2. The Morgan fingerprint density at radius 3 is 2.34 bits per heavy atom. The number of nitrogens with zero attached hydrogens (tertiary/aromatic N) is 3. The lowest BCUT2D eigenvalue weighted by atomic mass is 10.0. The van der Waals surface area contributed by atoms with E-state index in [2.05, 4.69) is 5.32 Å². The van der Waals surface area contributed by atoms with Crippen molar-refractivity contribution in [3.63, 3.8) is 0 Å². The van der Waals surface area contributed by atoms with Crippen LogP contribution < -0.4 is 15.0 Å². The number of nitriles is 1. The van der Waals surface area contributed by atoms with Crippen molar-refractivity contribution >= 4 is 40.6 Å². The number of rotatable bonds is 6. The number of anilines is 3. The van der Waals surface area contributed by atoms with E-state index in [-0.39, 0.29) is 12.2 Å². The van der Waals surface area contributed by atoms with Gasteiger partial charge in [0.15, 0.2) is 0 Å². The molecule has 3 aromatic carbocycles. The molecule has 0 aromatic heterocycles. The van der Waals surface area contributed by atoms with Crippen LogP contribution in [-0.2, 0) is 17.5 Å². The Balaban J connectivity index is 1.72. The first-order chi connectivity index (χ1) is 17.9. The Bertz CT molecular complexity index is 1450. The SMILES string of the molecule is COc1ccc(Nc2ccc(Cl)cc2)c(CN2C(=O)N(c3ccc(C#N)c(C(F)(F)F)c3)C(=O)C2(C)C)c1. The summed E-state index contributed by atoms with van der Waals surface area (Å²) in [5, 5.41) is 12.9. The monoisotopic (exact) mass is 542 g/mol. The van der Waals surface area contributed by atoms with Crippen molar-refractivity contribution < 1.29 is 27.5 Å². The van der Waals surface area contributed by atoms with Gasteiger partial charge in [-0.25, -0.2) is 9.69 Å². The number of halogens is 4. The highest BCUT2D eigenvalue weighted by molar-refractivity contribution is 6.30. The predicted octanol–water partition coefficient (Wildman–Crippen LogP) is 6.73. The van der Waals surface area contributed by atoms with E-state index < -0.39 is 34.8 Å². The molecule has 0 unspecified atom stereocenters. The predicted molar refractivity (Wildman–Crippen MR) is 136 cm³/mol. The topological polar surface area (TPSA) is 85.7 Å². The van der Waals surface area contributed by atoms with Crippen molar-refractivity contribution in [1.29, 1.82) is 5.26 Å². The van der Waals surface area contributed by atoms with Gasteiger partial charge in [0.2, 0.25) is 0 Å². The zero-order valence-corrected chi connectivity index (χ0v) is 21.3. The van der Waals surface area contributed by atoms with Crippen LogP contribution in [0.3, 0.4) is 0 Å². The highest BCUT2D eigenvalue weighted by atomic mass is 35.5. The fourth-order valence-corrected chi connectivity index (χ4v) is 4.27. The molecule has 1 fully saturated rings. The standard InChI is InChI=1S/C27H22ClF3N4O3/c1-26(2)24(36)35(20-9-4-16(14-32)22(13-20)27(29,30)31)25(37)34(26)15-17-12-21(38-3)10-11-23(17)33-19-7-5-18(28)6-8-19/h4-13,33H,15H2,1-3H3. The third kappa shape index (κ3) is 4.97. The summed E-state index contributed by atoms with van der Waals surface area (Å²) >= 11 is 5.97. The van der Waals surface area contributed by atoms with Crippen molar-refractivity contribution in [2.45, 2.75) is 32.1 Å². The molecular formula is C27H22ClF3N4O3. The first-order valence-corrected chi connectivity index (χ1v) is 11.7. The van der Waals surface area contributed by atoms with E-state index in [1.54, 1.807) is 42.5 Å². The van der Waals surface area contributed by atoms with Gasteiger partial charge in [0.05, 0.1) is 36.5 Å². The van der Waals surface area contributed by atoms with E-state index in [1.165, 1.54) is 31.9 Å². The average Bonchev–Trinajstić information content (AvgIpc) is 3.04. The van der Waals surface area contributed by atoms with Gasteiger partial charge >= 0.3 is 12.2 Å². The number of alkyl halides is 3. The number of ether oxygens (including phenoxy) is 1. The van der Waals surface area contributed by atoms with Crippen molar-refractivity contribution in [2.75, 3.05) is 17.3 Å². The molecule has 1 saturated heterocycles. The summed E-state index contributed by atoms with van der Waals surface area (Å²) < 4.78 is 46.0. The van der Waals surface area contributed by atoms with Gasteiger partial charge in [-0.05, 0) is 80.1 Å². The zero-order valence-electron chi connectivity index (χ0n) is 20.6. The van der Waals surface area contributed by atoms with Gasteiger partial charge in [-0.1, -0.05) is 11.6 Å². The molecule has 0 aliphatic carbocycles. The number of carbonyl (C=O) groups excluding carboxylic acids is 2. The molecule has 0 radical (unpaired) electrons. The summed E-state index contributed by atoms with van der Waals surface area (Å²) in [5.74, 6) is -0.188. The normalized spacial score (nSPS) is 15.0. The molecule has 3 aromatic rings. The fourth-order valence-electron chi connectivity index (χ4n) is 4.14. The molecule has 7 nitrogen and oxygen atoms in total. The van der Waals surface area contributed by atoms with E-state index in [0.717, 1.165) is 17.8 Å². The lowest BCUT2D eigenvalue weighted by Gasteiger charge is -2.29. The van der Waals surface area contributed by atoms with Crippen LogP contribution in [0, 0.1) is 11.3 Å². The summed E-state index contributed by atoms with van der Waals surface area (Å²) in [4.78, 5) is 28.9. The minimum absolute atomic E-state index is 0.0520. The summed E-state index contributed by atoms with van der Waals surface area (Å²) in [7, 11) is 1.49. The second kappa shape index (κ2) is 9.91. The van der Waals surface area contributed by atoms with E-state index in [9.17, 15) is 22.8 Å². The van der Waals surface area contributed by atoms with E-state index in [4.69, 9.17) is 21.6 Å². The number of amides is 3. The van der Waals surface area contributed by atoms with Crippen LogP contribution in [0.5, 0.6) is 5.75 Å². The molecule has 1 heterocycles. The Kier molecular flexibility index (Phi) is 7.00. The number of imide groups is 1. The number of methoxy groups -OCH3 is 1. The molecule has 0 spiro atoms. The van der Waals surface area contributed by atoms with E-state index >= 15 is 0 Å². The lowest BCUT2D eigenvalue weighted by molar-refractivity contribution is -0.137. The fraction of sp³-hybridized carbons (Fsp3) is 0.222. The molecule has 1 aliphatic rings. The Morgan fingerprint density at radius 1 is 1.05 bits per heavy atom. The maximum atomic E-state index is 13.6. The molecule has 4 rings (SSSR count). The summed E-state index contributed by atoms with van der Waals surface area (Å²) in [6.07, 6.45) is -4.84. The highest BCUT2D eigenvalue weighted by Gasteiger charge is 2.52. The van der Waals surface area contributed by atoms with Gasteiger partial charge in [-0.2, -0.15) is 18.4 Å². The highest BCUT2D eigenvalue weighted by Crippen LogP contribution is 2.39. The van der Waals surface area contributed by atoms with Crippen LogP contribution in [0.25, 0.3) is 0 Å². The quantitative estimate of drug-likeness (QED) is 0.349. The lowest BCUT2D eigenvalue weighted by Crippen LogP contribution is -2.43. The summed E-state index contributed by atoms with van der Waals surface area (Å²) in [5.41, 5.74) is -1.53. The smallest absolute Gasteiger partial charge is 0.417 e. The number of hydrogen-bond acceptors (Lipinski definition) is 5. The summed E-state index contributed by atoms with van der Waals surface area (Å²) in [6.45, 7) is 2.99. The zero-order chi connectivity index (χ0) is 27.8. The van der Waals surface area contributed by atoms with Crippen LogP contribution in [0.1, 0.15) is 30.5 Å². The van der Waals surface area contributed by atoms with E-state index in [1.807, 2.05) is 0 Å². The Hall–Kier alpha value is -4.23. The Labute approximate surface area is 222 Å². The molecule has 196 valence electrons. The second-order valence-electron chi connectivity index (χ2n) is 9.06. The van der Waals surface area contributed by atoms with Gasteiger partial charge in [-0.3, -0.25) is 4.79 Å². The maximum Gasteiger partial charge on any atom is 0.417 e. The molecule has 0 saturated carbocycles. The van der Waals surface area contributed by atoms with Crippen LogP contribution in [0.2, 0.25) is 5.02 Å². The maximum absolute atomic E-state index is 13.6. The molecule has 3 amide bonds. The molecule has 0 bridgehead atoms. The van der Waals surface area contributed by atoms with Crippen LogP contribution in [0.4, 0.5) is 35.0 Å². The number of urea groups is 1. The average molecular weight is 543 g/mol. The van der Waals surface area contributed by atoms with Crippen LogP contribution in [0.15, 0.2) is 60.7 Å². The van der Waals surface area contributed by atoms with Gasteiger partial charge in [0, 0.05) is 16.4 Å². The first kappa shape index (κ1) is 26.8. The molecule has 38 heavy (non-hydrogen) atoms. The molecule has 1 N–H and O–H groups in total. The third-order valence-corrected chi connectivity index (χ3v) is 6.53. The molecular weight excluding hydrogens is 521 g/mol. The summed E-state index contributed by atoms with van der Waals surface area (Å²) in [6, 6.07) is 15.6. The molecule has 11 heteroatoms. The van der Waals surface area contributed by atoms with Crippen molar-refractivity contribution in [1.82, 2.24) is 4.90 Å². The van der Waals surface area contributed by atoms with Crippen LogP contribution >= 0.6 is 11.6 Å². The van der Waals surface area contributed by atoms with Crippen molar-refractivity contribution in [3.05, 3.63) is 82.4 Å². The van der Waals surface area contributed by atoms with Gasteiger partial charge in [-0.15, -0.1) is 0 Å². The van der Waals surface area contributed by atoms with Gasteiger partial charge < -0.3 is 15.0 Å². The minimum atomic E-state index is -4.84. The third-order valence-electron chi connectivity index (χ3n) is 6.27. The Morgan fingerprint density at radius 2 is 1.74 bits per heavy atom. The largest absolute Gasteiger partial charge is 0.497 e. The number of hydrogen-bond donors (Lipinski definition) is 1. The first-order valence-electron chi connectivity index (χ1n) is 11.3. The van der Waals surface area contributed by atoms with Gasteiger partial charge in [0.1, 0.15) is 11.3 Å². The second-order valence-corrected chi connectivity index (χ2v) is 9.50. The number of benzene rings is 3.